The molecule has 0 spiro atoms. The summed E-state index contributed by atoms with van der Waals surface area (Å²) in [6, 6.07) is 14.6. The number of nitrogens with zero attached hydrogens (tertiary/aromatic N) is 1. The monoisotopic (exact) mass is 485 g/mol. The van der Waals surface area contributed by atoms with E-state index >= 15 is 0 Å². The molecule has 1 amide bonds. The second-order valence-electron chi connectivity index (χ2n) is 9.49. The van der Waals surface area contributed by atoms with Crippen LogP contribution < -0.4 is 0 Å². The molecule has 2 aromatic rings. The van der Waals surface area contributed by atoms with E-state index in [1.807, 2.05) is 17.0 Å². The van der Waals surface area contributed by atoms with Gasteiger partial charge in [-0.05, 0) is 75.0 Å². The number of aliphatic hydroxyl groups is 1. The molecule has 5 nitrogen and oxygen atoms in total. The predicted molar refractivity (Wildman–Crippen MR) is 137 cm³/mol. The Balaban J connectivity index is 1.35. The number of esters is 1. The minimum atomic E-state index is -0.308. The van der Waals surface area contributed by atoms with Crippen molar-refractivity contribution in [3.63, 3.8) is 0 Å². The number of carbonyl (C=O) groups is 2. The third-order valence-electron chi connectivity index (χ3n) is 6.99. The number of hydrogen-bond donors (Lipinski definition) is 1. The van der Waals surface area contributed by atoms with Gasteiger partial charge in [0.15, 0.2) is 0 Å². The zero-order valence-corrected chi connectivity index (χ0v) is 21.4. The third kappa shape index (κ3) is 7.95. The van der Waals surface area contributed by atoms with Gasteiger partial charge in [-0.3, -0.25) is 4.79 Å². The molecule has 1 aliphatic heterocycles. The summed E-state index contributed by atoms with van der Waals surface area (Å²) in [6.45, 7) is 2.88. The summed E-state index contributed by atoms with van der Waals surface area (Å²) in [5.41, 5.74) is 1.38. The molecule has 3 rings (SSSR count). The molecular weight excluding hydrogens is 446 g/mol. The van der Waals surface area contributed by atoms with E-state index < -0.39 is 0 Å². The Morgan fingerprint density at radius 3 is 2.68 bits per heavy atom. The van der Waals surface area contributed by atoms with Crippen LogP contribution in [-0.4, -0.2) is 47.7 Å². The lowest BCUT2D eigenvalue weighted by Gasteiger charge is -2.27. The normalized spacial score (nSPS) is 17.7. The van der Waals surface area contributed by atoms with Crippen molar-refractivity contribution in [2.24, 2.45) is 5.92 Å². The number of amides is 1. The molecule has 186 valence electrons. The number of aliphatic hydroxyl groups excluding tert-OH is 1. The van der Waals surface area contributed by atoms with Gasteiger partial charge >= 0.3 is 5.97 Å². The maximum atomic E-state index is 12.4. The highest BCUT2D eigenvalue weighted by Gasteiger charge is 2.31. The summed E-state index contributed by atoms with van der Waals surface area (Å²) >= 11 is 1.46. The first-order chi connectivity index (χ1) is 16.5. The van der Waals surface area contributed by atoms with Crippen molar-refractivity contribution < 1.29 is 19.4 Å². The van der Waals surface area contributed by atoms with E-state index in [2.05, 4.69) is 31.2 Å². The second-order valence-corrected chi connectivity index (χ2v) is 10.7. The highest BCUT2D eigenvalue weighted by atomic mass is 32.1. The molecule has 3 atom stereocenters. The maximum Gasteiger partial charge on any atom is 0.348 e. The number of benzene rings is 1. The van der Waals surface area contributed by atoms with Gasteiger partial charge in [0.05, 0.1) is 13.2 Å². The SMILES string of the molecule is COC(=O)c1ccc(CCCN2C(=O)CCC2CC[C@@H](O)[C@@H](C)CCCCc2ccccc2)s1. The van der Waals surface area contributed by atoms with Crippen LogP contribution in [0.25, 0.3) is 0 Å². The van der Waals surface area contributed by atoms with Crippen molar-refractivity contribution in [1.82, 2.24) is 4.90 Å². The van der Waals surface area contributed by atoms with Crippen LogP contribution in [0.2, 0.25) is 0 Å². The van der Waals surface area contributed by atoms with Gasteiger partial charge in [0, 0.05) is 23.9 Å². The van der Waals surface area contributed by atoms with Crippen LogP contribution in [0.15, 0.2) is 42.5 Å². The Labute approximate surface area is 208 Å². The van der Waals surface area contributed by atoms with Crippen LogP contribution in [0.5, 0.6) is 0 Å². The van der Waals surface area contributed by atoms with Gasteiger partial charge in [-0.15, -0.1) is 11.3 Å². The molecule has 0 bridgehead atoms. The molecule has 1 saturated heterocycles. The van der Waals surface area contributed by atoms with Gasteiger partial charge in [0.2, 0.25) is 5.91 Å². The van der Waals surface area contributed by atoms with E-state index in [-0.39, 0.29) is 29.9 Å². The fourth-order valence-electron chi connectivity index (χ4n) is 4.83. The van der Waals surface area contributed by atoms with E-state index in [1.165, 1.54) is 24.0 Å². The molecule has 1 N–H and O–H groups in total. The summed E-state index contributed by atoms with van der Waals surface area (Å²) in [5.74, 6) is 0.217. The van der Waals surface area contributed by atoms with E-state index in [1.54, 1.807) is 6.07 Å². The Kier molecular flexibility index (Phi) is 10.6. The molecule has 6 heteroatoms. The minimum absolute atomic E-state index is 0.231. The van der Waals surface area contributed by atoms with Crippen LogP contribution in [0.3, 0.4) is 0 Å². The van der Waals surface area contributed by atoms with Crippen LogP contribution >= 0.6 is 11.3 Å². The molecule has 1 aliphatic rings. The summed E-state index contributed by atoms with van der Waals surface area (Å²) in [5, 5.41) is 10.7. The minimum Gasteiger partial charge on any atom is -0.465 e. The smallest absolute Gasteiger partial charge is 0.348 e. The molecular formula is C28H39NO4S. The molecule has 1 unspecified atom stereocenters. The molecule has 1 aromatic heterocycles. The molecule has 0 aliphatic carbocycles. The van der Waals surface area contributed by atoms with Crippen LogP contribution in [0.1, 0.15) is 78.4 Å². The topological polar surface area (TPSA) is 66.8 Å². The largest absolute Gasteiger partial charge is 0.465 e. The first-order valence-electron chi connectivity index (χ1n) is 12.7. The zero-order chi connectivity index (χ0) is 24.3. The Morgan fingerprint density at radius 1 is 1.12 bits per heavy atom. The fourth-order valence-corrected chi connectivity index (χ4v) is 5.79. The van der Waals surface area contributed by atoms with Crippen molar-refractivity contribution in [3.05, 3.63) is 57.8 Å². The van der Waals surface area contributed by atoms with Gasteiger partial charge in [-0.25, -0.2) is 4.79 Å². The third-order valence-corrected chi connectivity index (χ3v) is 8.12. The molecule has 1 aromatic carbocycles. The summed E-state index contributed by atoms with van der Waals surface area (Å²) in [7, 11) is 1.39. The highest BCUT2D eigenvalue weighted by Crippen LogP contribution is 2.27. The van der Waals surface area contributed by atoms with Gasteiger partial charge in [-0.1, -0.05) is 43.7 Å². The number of hydrogen-bond acceptors (Lipinski definition) is 5. The second kappa shape index (κ2) is 13.6. The Bertz CT molecular complexity index is 897. The lowest BCUT2D eigenvalue weighted by Crippen LogP contribution is -2.35. The number of carbonyl (C=O) groups excluding carboxylic acids is 2. The Morgan fingerprint density at radius 2 is 1.91 bits per heavy atom. The standard InChI is InChI=1S/C28H39NO4S/c1-21(9-6-7-12-22-10-4-3-5-11-22)25(30)17-14-23-15-19-27(31)29(23)20-8-13-24-16-18-26(34-24)28(32)33-2/h3-5,10-11,16,18,21,23,25,30H,6-9,12-15,17,19-20H2,1-2H3/t21-,23?,25+/m0/s1. The van der Waals surface area contributed by atoms with E-state index in [9.17, 15) is 14.7 Å². The maximum absolute atomic E-state index is 12.4. The van der Waals surface area contributed by atoms with Crippen molar-refractivity contribution in [3.8, 4) is 0 Å². The van der Waals surface area contributed by atoms with E-state index in [0.717, 1.165) is 69.2 Å². The van der Waals surface area contributed by atoms with Gasteiger partial charge < -0.3 is 14.7 Å². The van der Waals surface area contributed by atoms with E-state index in [0.29, 0.717) is 11.3 Å². The lowest BCUT2D eigenvalue weighted by molar-refractivity contribution is -0.129. The van der Waals surface area contributed by atoms with Crippen LogP contribution in [-0.2, 0) is 22.4 Å². The molecule has 0 saturated carbocycles. The first kappa shape index (κ1) is 26.4. The summed E-state index contributed by atoms with van der Waals surface area (Å²) in [6.07, 6.45) is 8.95. The molecule has 34 heavy (non-hydrogen) atoms. The molecule has 2 heterocycles. The highest BCUT2D eigenvalue weighted by molar-refractivity contribution is 7.13. The van der Waals surface area contributed by atoms with E-state index in [4.69, 9.17) is 4.74 Å². The van der Waals surface area contributed by atoms with Gasteiger partial charge in [0.25, 0.3) is 0 Å². The van der Waals surface area contributed by atoms with Crippen LogP contribution in [0, 0.1) is 5.92 Å². The summed E-state index contributed by atoms with van der Waals surface area (Å²) in [4.78, 5) is 27.8. The van der Waals surface area contributed by atoms with Crippen LogP contribution in [0.4, 0.5) is 0 Å². The lowest BCUT2D eigenvalue weighted by atomic mass is 9.92. The number of ether oxygens (including phenoxy) is 1. The summed E-state index contributed by atoms with van der Waals surface area (Å²) < 4.78 is 4.77. The molecule has 0 radical (unpaired) electrons. The zero-order valence-electron chi connectivity index (χ0n) is 20.6. The van der Waals surface area contributed by atoms with Gasteiger partial charge in [0.1, 0.15) is 4.88 Å². The number of thiophene rings is 1. The fraction of sp³-hybridized carbons (Fsp3) is 0.571. The average Bonchev–Trinajstić information content (AvgIpc) is 3.47. The Hall–Kier alpha value is -2.18. The molecule has 1 fully saturated rings. The van der Waals surface area contributed by atoms with Crippen molar-refractivity contribution in [2.45, 2.75) is 83.3 Å². The number of methoxy groups -OCH3 is 1. The number of aryl methyl sites for hydroxylation is 2. The average molecular weight is 486 g/mol. The number of unbranched alkanes of at least 4 members (excludes halogenated alkanes) is 1. The quantitative estimate of drug-likeness (QED) is 0.277. The van der Waals surface area contributed by atoms with Gasteiger partial charge in [-0.2, -0.15) is 0 Å². The first-order valence-corrected chi connectivity index (χ1v) is 13.5. The van der Waals surface area contributed by atoms with Crippen molar-refractivity contribution >= 4 is 23.2 Å². The van der Waals surface area contributed by atoms with Crippen molar-refractivity contribution in [2.75, 3.05) is 13.7 Å². The van der Waals surface area contributed by atoms with Crippen molar-refractivity contribution in [1.29, 1.82) is 0 Å². The number of likely N-dealkylation sites (tertiary alicyclic amines) is 1. The predicted octanol–water partition coefficient (Wildman–Crippen LogP) is 5.65. The number of rotatable bonds is 14.